The molecule has 0 saturated carbocycles. The topological polar surface area (TPSA) is 41.1 Å². The lowest BCUT2D eigenvalue weighted by atomic mass is 10.2. The van der Waals surface area contributed by atoms with Crippen LogP contribution in [0.15, 0.2) is 42.5 Å². The van der Waals surface area contributed by atoms with E-state index in [1.807, 2.05) is 0 Å². The van der Waals surface area contributed by atoms with Crippen molar-refractivity contribution in [3.05, 3.63) is 63.1 Å². The Bertz CT molecular complexity index is 747. The van der Waals surface area contributed by atoms with E-state index in [0.717, 1.165) is 0 Å². The summed E-state index contributed by atoms with van der Waals surface area (Å²) in [4.78, 5) is 12.3. The highest BCUT2D eigenvalue weighted by Gasteiger charge is 2.34. The van der Waals surface area contributed by atoms with Gasteiger partial charge in [-0.1, -0.05) is 75.7 Å². The Labute approximate surface area is 169 Å². The summed E-state index contributed by atoms with van der Waals surface area (Å²) in [7, 11) is 0. The number of carbonyl (C=O) groups is 1. The largest absolute Gasteiger partial charge is 0.361 e. The molecular weight excluding hydrogens is 437 g/mol. The summed E-state index contributed by atoms with van der Waals surface area (Å²) in [6.45, 7) is 0. The zero-order valence-electron chi connectivity index (χ0n) is 11.8. The van der Waals surface area contributed by atoms with Crippen molar-refractivity contribution in [2.24, 2.45) is 0 Å². The van der Waals surface area contributed by atoms with Crippen molar-refractivity contribution in [3.8, 4) is 0 Å². The van der Waals surface area contributed by atoms with Crippen molar-refractivity contribution in [3.63, 3.8) is 0 Å². The summed E-state index contributed by atoms with van der Waals surface area (Å²) in [6.07, 6.45) is -1.05. The third-order valence-corrected chi connectivity index (χ3v) is 4.36. The predicted molar refractivity (Wildman–Crippen MR) is 103 cm³/mol. The Kier molecular flexibility index (Phi) is 6.77. The van der Waals surface area contributed by atoms with Crippen molar-refractivity contribution < 1.29 is 4.79 Å². The number of hydrogen-bond acceptors (Lipinski definition) is 2. The second-order valence-electron chi connectivity index (χ2n) is 4.73. The van der Waals surface area contributed by atoms with E-state index in [4.69, 9.17) is 69.6 Å². The van der Waals surface area contributed by atoms with Crippen molar-refractivity contribution in [1.82, 2.24) is 5.32 Å². The first kappa shape index (κ1) is 19.8. The van der Waals surface area contributed by atoms with Gasteiger partial charge in [0.05, 0.1) is 10.7 Å². The van der Waals surface area contributed by atoms with E-state index in [2.05, 4.69) is 10.6 Å². The van der Waals surface area contributed by atoms with Crippen molar-refractivity contribution >= 4 is 81.2 Å². The highest BCUT2D eigenvalue weighted by atomic mass is 35.6. The zero-order chi connectivity index (χ0) is 17.9. The fourth-order valence-corrected chi connectivity index (χ4v) is 2.79. The lowest BCUT2D eigenvalue weighted by molar-refractivity contribution is 0.0942. The molecule has 0 aromatic heterocycles. The number of amides is 1. The van der Waals surface area contributed by atoms with Gasteiger partial charge in [0.2, 0.25) is 3.79 Å². The van der Waals surface area contributed by atoms with Crippen molar-refractivity contribution in [2.75, 3.05) is 5.32 Å². The normalized spacial score (nSPS) is 12.6. The number of nitrogens with one attached hydrogen (secondary N) is 2. The first-order chi connectivity index (χ1) is 11.2. The molecule has 128 valence electrons. The van der Waals surface area contributed by atoms with Crippen LogP contribution in [-0.2, 0) is 0 Å². The number of benzene rings is 2. The molecule has 24 heavy (non-hydrogen) atoms. The van der Waals surface area contributed by atoms with Crippen LogP contribution in [0, 0.1) is 0 Å². The lowest BCUT2D eigenvalue weighted by Crippen LogP contribution is -2.49. The third-order valence-electron chi connectivity index (χ3n) is 2.92. The van der Waals surface area contributed by atoms with Crippen LogP contribution in [-0.4, -0.2) is 15.9 Å². The lowest BCUT2D eigenvalue weighted by Gasteiger charge is -2.28. The Morgan fingerprint density at radius 1 is 0.958 bits per heavy atom. The van der Waals surface area contributed by atoms with E-state index in [-0.39, 0.29) is 0 Å². The van der Waals surface area contributed by atoms with Gasteiger partial charge in [-0.15, -0.1) is 0 Å². The van der Waals surface area contributed by atoms with Gasteiger partial charge in [-0.3, -0.25) is 4.79 Å². The molecule has 0 fully saturated rings. The molecule has 2 N–H and O–H groups in total. The number of anilines is 1. The molecule has 2 aromatic carbocycles. The molecular formula is C15H10Cl6N2O. The maximum absolute atomic E-state index is 12.3. The summed E-state index contributed by atoms with van der Waals surface area (Å²) in [5.74, 6) is -0.466. The fraction of sp³-hybridized carbons (Fsp3) is 0.133. The van der Waals surface area contributed by atoms with Gasteiger partial charge in [0.1, 0.15) is 6.17 Å². The van der Waals surface area contributed by atoms with E-state index in [1.165, 1.54) is 12.1 Å². The van der Waals surface area contributed by atoms with Crippen LogP contribution in [0.4, 0.5) is 5.69 Å². The van der Waals surface area contributed by atoms with Crippen LogP contribution in [0.2, 0.25) is 15.1 Å². The second-order valence-corrected chi connectivity index (χ2v) is 8.38. The molecule has 0 bridgehead atoms. The summed E-state index contributed by atoms with van der Waals surface area (Å²) in [6, 6.07) is 11.1. The minimum absolute atomic E-state index is 0.318. The van der Waals surface area contributed by atoms with Gasteiger partial charge in [-0.2, -0.15) is 0 Å². The summed E-state index contributed by atoms with van der Waals surface area (Å²) >= 11 is 35.7. The predicted octanol–water partition coefficient (Wildman–Crippen LogP) is 6.19. The molecule has 2 rings (SSSR count). The van der Waals surface area contributed by atoms with Crippen LogP contribution in [0.1, 0.15) is 10.4 Å². The van der Waals surface area contributed by atoms with E-state index in [1.54, 1.807) is 30.3 Å². The van der Waals surface area contributed by atoms with E-state index < -0.39 is 15.9 Å². The minimum Gasteiger partial charge on any atom is -0.361 e. The summed E-state index contributed by atoms with van der Waals surface area (Å²) in [5.41, 5.74) is 0.773. The fourth-order valence-electron chi connectivity index (χ4n) is 1.81. The number of carbonyl (C=O) groups excluding carboxylic acids is 1. The number of halogens is 6. The molecule has 1 amide bonds. The van der Waals surface area contributed by atoms with Crippen molar-refractivity contribution in [2.45, 2.75) is 9.96 Å². The number of rotatable bonds is 4. The SMILES string of the molecule is O=C(NC(Nc1ccc(Cl)cc1Cl)C(Cl)(Cl)Cl)c1cccc(Cl)c1. The summed E-state index contributed by atoms with van der Waals surface area (Å²) < 4.78 is -1.84. The molecule has 3 nitrogen and oxygen atoms in total. The highest BCUT2D eigenvalue weighted by molar-refractivity contribution is 6.68. The van der Waals surface area contributed by atoms with E-state index in [0.29, 0.717) is 26.3 Å². The molecule has 9 heteroatoms. The third kappa shape index (κ3) is 5.48. The Balaban J connectivity index is 2.21. The Morgan fingerprint density at radius 3 is 2.21 bits per heavy atom. The van der Waals surface area contributed by atoms with Gasteiger partial charge < -0.3 is 10.6 Å². The first-order valence-electron chi connectivity index (χ1n) is 6.51. The summed E-state index contributed by atoms with van der Waals surface area (Å²) in [5, 5.41) is 6.67. The minimum atomic E-state index is -1.84. The molecule has 0 aliphatic rings. The zero-order valence-corrected chi connectivity index (χ0v) is 16.3. The Hall–Kier alpha value is -0.550. The molecule has 1 unspecified atom stereocenters. The smallest absolute Gasteiger partial charge is 0.253 e. The van der Waals surface area contributed by atoms with Gasteiger partial charge in [-0.25, -0.2) is 0 Å². The second kappa shape index (κ2) is 8.22. The van der Waals surface area contributed by atoms with Gasteiger partial charge in [0.25, 0.3) is 5.91 Å². The molecule has 1 atom stereocenters. The van der Waals surface area contributed by atoms with E-state index in [9.17, 15) is 4.79 Å². The van der Waals surface area contributed by atoms with Crippen LogP contribution in [0.3, 0.4) is 0 Å². The van der Waals surface area contributed by atoms with Crippen LogP contribution in [0.25, 0.3) is 0 Å². The van der Waals surface area contributed by atoms with Gasteiger partial charge in [0.15, 0.2) is 0 Å². The van der Waals surface area contributed by atoms with Crippen LogP contribution in [0.5, 0.6) is 0 Å². The van der Waals surface area contributed by atoms with Crippen LogP contribution < -0.4 is 10.6 Å². The quantitative estimate of drug-likeness (QED) is 0.434. The molecule has 0 radical (unpaired) electrons. The van der Waals surface area contributed by atoms with Crippen LogP contribution >= 0.6 is 69.6 Å². The Morgan fingerprint density at radius 2 is 1.62 bits per heavy atom. The monoisotopic (exact) mass is 444 g/mol. The molecule has 0 heterocycles. The molecule has 0 aliphatic carbocycles. The molecule has 0 saturated heterocycles. The van der Waals surface area contributed by atoms with E-state index >= 15 is 0 Å². The first-order valence-corrected chi connectivity index (χ1v) is 8.78. The molecule has 0 aliphatic heterocycles. The molecule has 2 aromatic rings. The van der Waals surface area contributed by atoms with Gasteiger partial charge in [-0.05, 0) is 36.4 Å². The standard InChI is InChI=1S/C15H10Cl6N2O/c16-9-3-1-2-8(6-9)13(24)23-14(15(19,20)21)22-12-5-4-10(17)7-11(12)18/h1-7,14,22H,(H,23,24). The average Bonchev–Trinajstić information content (AvgIpc) is 2.48. The number of hydrogen-bond donors (Lipinski definition) is 2. The maximum atomic E-state index is 12.3. The van der Waals surface area contributed by atoms with Gasteiger partial charge >= 0.3 is 0 Å². The highest BCUT2D eigenvalue weighted by Crippen LogP contribution is 2.33. The van der Waals surface area contributed by atoms with Gasteiger partial charge in [0, 0.05) is 15.6 Å². The van der Waals surface area contributed by atoms with Crippen molar-refractivity contribution in [1.29, 1.82) is 0 Å². The number of alkyl halides is 3. The average molecular weight is 447 g/mol. The maximum Gasteiger partial charge on any atom is 0.253 e. The molecule has 0 spiro atoms.